The predicted octanol–water partition coefficient (Wildman–Crippen LogP) is 3.06. The lowest BCUT2D eigenvalue weighted by Gasteiger charge is -2.11. The molecule has 2 rings (SSSR count). The average molecular weight is 219 g/mol. The van der Waals surface area contributed by atoms with Gasteiger partial charge in [-0.15, -0.1) is 0 Å². The summed E-state index contributed by atoms with van der Waals surface area (Å²) in [5.74, 6) is -1.26. The summed E-state index contributed by atoms with van der Waals surface area (Å²) in [6.45, 7) is 0. The van der Waals surface area contributed by atoms with Gasteiger partial charge in [0.05, 0.1) is 11.1 Å². The van der Waals surface area contributed by atoms with Gasteiger partial charge < -0.3 is 5.11 Å². The van der Waals surface area contributed by atoms with Crippen LogP contribution >= 0.6 is 11.6 Å². The van der Waals surface area contributed by atoms with Crippen LogP contribution in [-0.4, -0.2) is 5.11 Å². The summed E-state index contributed by atoms with van der Waals surface area (Å²) in [5.41, 5.74) is 0.00870. The number of hydrogen-bond acceptors (Lipinski definition) is 1. The molecule has 76 valence electrons. The SMILES string of the molecule is OC(c1cc(F)c(Cl)cc1F)C1CC1. The van der Waals surface area contributed by atoms with E-state index in [-0.39, 0.29) is 16.5 Å². The molecule has 0 aliphatic heterocycles. The van der Waals surface area contributed by atoms with Crippen molar-refractivity contribution in [2.24, 2.45) is 5.92 Å². The van der Waals surface area contributed by atoms with E-state index in [0.717, 1.165) is 25.0 Å². The van der Waals surface area contributed by atoms with E-state index >= 15 is 0 Å². The van der Waals surface area contributed by atoms with Crippen molar-refractivity contribution in [3.8, 4) is 0 Å². The van der Waals surface area contributed by atoms with Crippen LogP contribution in [0.5, 0.6) is 0 Å². The summed E-state index contributed by atoms with van der Waals surface area (Å²) in [7, 11) is 0. The Labute approximate surface area is 85.3 Å². The zero-order valence-corrected chi connectivity index (χ0v) is 8.06. The third-order valence-electron chi connectivity index (χ3n) is 2.43. The lowest BCUT2D eigenvalue weighted by Crippen LogP contribution is -2.03. The van der Waals surface area contributed by atoms with Crippen molar-refractivity contribution in [1.29, 1.82) is 0 Å². The second-order valence-electron chi connectivity index (χ2n) is 3.57. The molecular weight excluding hydrogens is 210 g/mol. The first-order valence-corrected chi connectivity index (χ1v) is 4.80. The van der Waals surface area contributed by atoms with Crippen molar-refractivity contribution in [3.63, 3.8) is 0 Å². The van der Waals surface area contributed by atoms with Crippen LogP contribution in [0.25, 0.3) is 0 Å². The summed E-state index contributed by atoms with van der Waals surface area (Å²) >= 11 is 5.39. The summed E-state index contributed by atoms with van der Waals surface area (Å²) in [6.07, 6.45) is 0.831. The zero-order chi connectivity index (χ0) is 10.3. The second-order valence-corrected chi connectivity index (χ2v) is 3.98. The van der Waals surface area contributed by atoms with Crippen LogP contribution in [0.3, 0.4) is 0 Å². The Morgan fingerprint density at radius 2 is 1.93 bits per heavy atom. The molecule has 1 nitrogen and oxygen atoms in total. The van der Waals surface area contributed by atoms with Crippen molar-refractivity contribution in [2.75, 3.05) is 0 Å². The van der Waals surface area contributed by atoms with Crippen LogP contribution in [-0.2, 0) is 0 Å². The molecule has 0 heterocycles. The quantitative estimate of drug-likeness (QED) is 0.757. The van der Waals surface area contributed by atoms with Gasteiger partial charge in [-0.3, -0.25) is 0 Å². The Bertz CT molecular complexity index is 363. The van der Waals surface area contributed by atoms with E-state index in [1.54, 1.807) is 0 Å². The van der Waals surface area contributed by atoms with Crippen molar-refractivity contribution < 1.29 is 13.9 Å². The molecule has 1 aliphatic rings. The lowest BCUT2D eigenvalue weighted by atomic mass is 10.0. The fourth-order valence-corrected chi connectivity index (χ4v) is 1.58. The fourth-order valence-electron chi connectivity index (χ4n) is 1.43. The van der Waals surface area contributed by atoms with Crippen LogP contribution in [0.1, 0.15) is 24.5 Å². The molecule has 0 spiro atoms. The highest BCUT2D eigenvalue weighted by Gasteiger charge is 2.32. The largest absolute Gasteiger partial charge is 0.388 e. The first kappa shape index (κ1) is 9.87. The van der Waals surface area contributed by atoms with E-state index in [4.69, 9.17) is 11.6 Å². The van der Waals surface area contributed by atoms with Gasteiger partial charge in [-0.1, -0.05) is 11.6 Å². The Morgan fingerprint density at radius 3 is 2.50 bits per heavy atom. The van der Waals surface area contributed by atoms with E-state index < -0.39 is 17.7 Å². The van der Waals surface area contributed by atoms with Crippen LogP contribution in [0.15, 0.2) is 12.1 Å². The molecule has 0 saturated heterocycles. The molecule has 1 unspecified atom stereocenters. The summed E-state index contributed by atoms with van der Waals surface area (Å²) < 4.78 is 26.3. The van der Waals surface area contributed by atoms with Crippen molar-refractivity contribution in [2.45, 2.75) is 18.9 Å². The van der Waals surface area contributed by atoms with Gasteiger partial charge in [0.1, 0.15) is 11.6 Å². The average Bonchev–Trinajstić information content (AvgIpc) is 2.93. The Kier molecular flexibility index (Phi) is 2.45. The number of rotatable bonds is 2. The molecule has 1 aromatic carbocycles. The van der Waals surface area contributed by atoms with Gasteiger partial charge >= 0.3 is 0 Å². The number of halogens is 3. The minimum absolute atomic E-state index is 0.00870. The van der Waals surface area contributed by atoms with Gasteiger partial charge in [-0.05, 0) is 30.9 Å². The van der Waals surface area contributed by atoms with Crippen LogP contribution in [0.2, 0.25) is 5.02 Å². The van der Waals surface area contributed by atoms with Gasteiger partial charge in [0.2, 0.25) is 0 Å². The van der Waals surface area contributed by atoms with Crippen LogP contribution in [0, 0.1) is 17.6 Å². The van der Waals surface area contributed by atoms with E-state index in [0.29, 0.717) is 0 Å². The topological polar surface area (TPSA) is 20.2 Å². The fraction of sp³-hybridized carbons (Fsp3) is 0.400. The lowest BCUT2D eigenvalue weighted by molar-refractivity contribution is 0.149. The van der Waals surface area contributed by atoms with E-state index in [2.05, 4.69) is 0 Å². The second kappa shape index (κ2) is 3.48. The number of hydrogen-bond donors (Lipinski definition) is 1. The van der Waals surface area contributed by atoms with Gasteiger partial charge in [0, 0.05) is 5.56 Å². The maximum absolute atomic E-state index is 13.3. The van der Waals surface area contributed by atoms with Crippen molar-refractivity contribution >= 4 is 11.6 Å². The van der Waals surface area contributed by atoms with Crippen molar-refractivity contribution in [1.82, 2.24) is 0 Å². The van der Waals surface area contributed by atoms with E-state index in [1.165, 1.54) is 0 Å². The summed E-state index contributed by atoms with van der Waals surface area (Å²) in [5, 5.41) is 9.35. The maximum atomic E-state index is 13.3. The molecule has 1 aromatic rings. The number of aliphatic hydroxyl groups excluding tert-OH is 1. The minimum atomic E-state index is -0.901. The van der Waals surface area contributed by atoms with Gasteiger partial charge in [-0.25, -0.2) is 8.78 Å². The normalized spacial score (nSPS) is 18.3. The summed E-state index contributed by atoms with van der Waals surface area (Å²) in [6, 6.07) is 1.87. The molecule has 1 atom stereocenters. The molecule has 0 radical (unpaired) electrons. The molecule has 1 fully saturated rings. The Morgan fingerprint density at radius 1 is 1.29 bits per heavy atom. The Balaban J connectivity index is 2.36. The highest BCUT2D eigenvalue weighted by atomic mass is 35.5. The maximum Gasteiger partial charge on any atom is 0.142 e. The first-order chi connectivity index (χ1) is 6.59. The molecular formula is C10H9ClF2O. The highest BCUT2D eigenvalue weighted by molar-refractivity contribution is 6.30. The van der Waals surface area contributed by atoms with Gasteiger partial charge in [-0.2, -0.15) is 0 Å². The smallest absolute Gasteiger partial charge is 0.142 e. The van der Waals surface area contributed by atoms with Crippen LogP contribution < -0.4 is 0 Å². The Hall–Kier alpha value is -0.670. The highest BCUT2D eigenvalue weighted by Crippen LogP contribution is 2.42. The van der Waals surface area contributed by atoms with E-state index in [1.807, 2.05) is 0 Å². The van der Waals surface area contributed by atoms with Crippen molar-refractivity contribution in [3.05, 3.63) is 34.4 Å². The summed E-state index contributed by atoms with van der Waals surface area (Å²) in [4.78, 5) is 0. The molecule has 0 aromatic heterocycles. The van der Waals surface area contributed by atoms with Gasteiger partial charge in [0.15, 0.2) is 0 Å². The predicted molar refractivity (Wildman–Crippen MR) is 49.1 cm³/mol. The first-order valence-electron chi connectivity index (χ1n) is 4.42. The minimum Gasteiger partial charge on any atom is -0.388 e. The molecule has 1 saturated carbocycles. The molecule has 1 N–H and O–H groups in total. The third-order valence-corrected chi connectivity index (χ3v) is 2.72. The van der Waals surface area contributed by atoms with Crippen LogP contribution in [0.4, 0.5) is 8.78 Å². The molecule has 0 amide bonds. The molecule has 14 heavy (non-hydrogen) atoms. The van der Waals surface area contributed by atoms with Gasteiger partial charge in [0.25, 0.3) is 0 Å². The number of aliphatic hydroxyl groups is 1. The number of benzene rings is 1. The third kappa shape index (κ3) is 1.74. The molecule has 4 heteroatoms. The molecule has 1 aliphatic carbocycles. The van der Waals surface area contributed by atoms with E-state index in [9.17, 15) is 13.9 Å². The monoisotopic (exact) mass is 218 g/mol. The molecule has 0 bridgehead atoms. The zero-order valence-electron chi connectivity index (χ0n) is 7.30. The standard InChI is InChI=1S/C10H9ClF2O/c11-7-4-8(12)6(3-9(7)13)10(14)5-1-2-5/h3-5,10,14H,1-2H2.